The lowest BCUT2D eigenvalue weighted by molar-refractivity contribution is 0.155. The molecule has 2 aromatic carbocycles. The summed E-state index contributed by atoms with van der Waals surface area (Å²) < 4.78 is 5.95. The standard InChI is InChI=1S/C15H12BrN3O2/c16-14-12-8-11(6-7-13(12)18-19-14)17-15(20)21-9-10-4-2-1-3-5-10/h1-8H,9H2,(H,17,20)(H,18,19). The molecule has 6 heteroatoms. The summed E-state index contributed by atoms with van der Waals surface area (Å²) in [5.41, 5.74) is 2.42. The van der Waals surface area contributed by atoms with Gasteiger partial charge in [-0.05, 0) is 39.7 Å². The van der Waals surface area contributed by atoms with E-state index in [1.165, 1.54) is 0 Å². The number of anilines is 1. The SMILES string of the molecule is O=C(Nc1ccc2n[nH]c(Br)c2c1)OCc1ccccc1. The minimum absolute atomic E-state index is 0.240. The van der Waals surface area contributed by atoms with Gasteiger partial charge in [-0.1, -0.05) is 30.3 Å². The topological polar surface area (TPSA) is 67.0 Å². The van der Waals surface area contributed by atoms with Crippen molar-refractivity contribution in [3.63, 3.8) is 0 Å². The Morgan fingerprint density at radius 1 is 1.24 bits per heavy atom. The molecular formula is C15H12BrN3O2. The third-order valence-corrected chi connectivity index (χ3v) is 3.57. The second kappa shape index (κ2) is 5.97. The first-order valence-corrected chi connectivity index (χ1v) is 7.13. The van der Waals surface area contributed by atoms with Crippen molar-refractivity contribution in [2.75, 3.05) is 5.32 Å². The van der Waals surface area contributed by atoms with Crippen molar-refractivity contribution < 1.29 is 9.53 Å². The van der Waals surface area contributed by atoms with Crippen LogP contribution in [0.15, 0.2) is 53.1 Å². The molecular weight excluding hydrogens is 334 g/mol. The Labute approximate surface area is 129 Å². The first kappa shape index (κ1) is 13.6. The van der Waals surface area contributed by atoms with Crippen molar-refractivity contribution in [2.45, 2.75) is 6.61 Å². The second-order valence-corrected chi connectivity index (χ2v) is 5.25. The van der Waals surface area contributed by atoms with Crippen molar-refractivity contribution in [3.05, 3.63) is 58.7 Å². The summed E-state index contributed by atoms with van der Waals surface area (Å²) in [5, 5.41) is 10.5. The molecule has 1 aromatic heterocycles. The van der Waals surface area contributed by atoms with Crippen LogP contribution in [0.3, 0.4) is 0 Å². The molecule has 5 nitrogen and oxygen atoms in total. The first-order valence-electron chi connectivity index (χ1n) is 6.34. The molecule has 0 aliphatic heterocycles. The van der Waals surface area contributed by atoms with Gasteiger partial charge in [0.25, 0.3) is 0 Å². The highest BCUT2D eigenvalue weighted by Gasteiger charge is 2.07. The van der Waals surface area contributed by atoms with E-state index in [4.69, 9.17) is 4.74 Å². The molecule has 3 rings (SSSR count). The van der Waals surface area contributed by atoms with Crippen LogP contribution in [-0.2, 0) is 11.3 Å². The average Bonchev–Trinajstić information content (AvgIpc) is 2.87. The molecule has 106 valence electrons. The largest absolute Gasteiger partial charge is 0.444 e. The highest BCUT2D eigenvalue weighted by Crippen LogP contribution is 2.24. The van der Waals surface area contributed by atoms with Crippen molar-refractivity contribution in [1.29, 1.82) is 0 Å². The van der Waals surface area contributed by atoms with E-state index in [2.05, 4.69) is 31.4 Å². The fourth-order valence-corrected chi connectivity index (χ4v) is 2.34. The van der Waals surface area contributed by atoms with E-state index in [1.807, 2.05) is 42.5 Å². The molecule has 1 amide bonds. The van der Waals surface area contributed by atoms with Crippen LogP contribution in [0.25, 0.3) is 10.9 Å². The van der Waals surface area contributed by atoms with Gasteiger partial charge in [0.2, 0.25) is 0 Å². The van der Waals surface area contributed by atoms with Crippen LogP contribution in [0, 0.1) is 0 Å². The number of nitrogens with zero attached hydrogens (tertiary/aromatic N) is 1. The number of carbonyl (C=O) groups is 1. The number of benzene rings is 2. The van der Waals surface area contributed by atoms with Gasteiger partial charge in [-0.2, -0.15) is 5.10 Å². The molecule has 0 aliphatic carbocycles. The fraction of sp³-hybridized carbons (Fsp3) is 0.0667. The Bertz CT molecular complexity index is 771. The maximum Gasteiger partial charge on any atom is 0.411 e. The van der Waals surface area contributed by atoms with Gasteiger partial charge in [-0.15, -0.1) is 0 Å². The fourth-order valence-electron chi connectivity index (χ4n) is 1.93. The number of rotatable bonds is 3. The summed E-state index contributed by atoms with van der Waals surface area (Å²) in [6, 6.07) is 15.0. The number of amides is 1. The zero-order valence-electron chi connectivity index (χ0n) is 11.0. The number of ether oxygens (including phenoxy) is 1. The Kier molecular flexibility index (Phi) is 3.87. The number of aromatic nitrogens is 2. The van der Waals surface area contributed by atoms with Crippen LogP contribution in [0.5, 0.6) is 0 Å². The number of H-pyrrole nitrogens is 1. The summed E-state index contributed by atoms with van der Waals surface area (Å²) in [6.07, 6.45) is -0.488. The second-order valence-electron chi connectivity index (χ2n) is 4.46. The maximum atomic E-state index is 11.8. The van der Waals surface area contributed by atoms with Crippen molar-refractivity contribution in [3.8, 4) is 0 Å². The minimum Gasteiger partial charge on any atom is -0.444 e. The van der Waals surface area contributed by atoms with Crippen LogP contribution < -0.4 is 5.32 Å². The summed E-state index contributed by atoms with van der Waals surface area (Å²) in [4.78, 5) is 11.8. The average molecular weight is 346 g/mol. The van der Waals surface area contributed by atoms with Crippen molar-refractivity contribution in [2.24, 2.45) is 0 Å². The summed E-state index contributed by atoms with van der Waals surface area (Å²) in [6.45, 7) is 0.240. The van der Waals surface area contributed by atoms with Crippen LogP contribution in [0.4, 0.5) is 10.5 Å². The number of carbonyl (C=O) groups excluding carboxylic acids is 1. The van der Waals surface area contributed by atoms with Crippen LogP contribution in [0.2, 0.25) is 0 Å². The van der Waals surface area contributed by atoms with E-state index >= 15 is 0 Å². The molecule has 0 bridgehead atoms. The molecule has 0 saturated heterocycles. The third kappa shape index (κ3) is 3.22. The molecule has 0 spiro atoms. The van der Waals surface area contributed by atoms with E-state index < -0.39 is 6.09 Å². The van der Waals surface area contributed by atoms with Gasteiger partial charge in [0.15, 0.2) is 0 Å². The van der Waals surface area contributed by atoms with Gasteiger partial charge in [0.05, 0.1) is 5.52 Å². The number of nitrogens with one attached hydrogen (secondary N) is 2. The van der Waals surface area contributed by atoms with Gasteiger partial charge in [-0.3, -0.25) is 10.4 Å². The first-order chi connectivity index (χ1) is 10.2. The molecule has 0 aliphatic rings. The molecule has 0 radical (unpaired) electrons. The Hall–Kier alpha value is -2.34. The van der Waals surface area contributed by atoms with Crippen molar-refractivity contribution in [1.82, 2.24) is 10.2 Å². The minimum atomic E-state index is -0.488. The molecule has 1 heterocycles. The Balaban J connectivity index is 1.64. The summed E-state index contributed by atoms with van der Waals surface area (Å²) in [5.74, 6) is 0. The Morgan fingerprint density at radius 3 is 2.86 bits per heavy atom. The van der Waals surface area contributed by atoms with E-state index in [0.29, 0.717) is 5.69 Å². The van der Waals surface area contributed by atoms with Gasteiger partial charge in [0, 0.05) is 11.1 Å². The molecule has 3 aromatic rings. The number of hydrogen-bond acceptors (Lipinski definition) is 3. The highest BCUT2D eigenvalue weighted by molar-refractivity contribution is 9.10. The summed E-state index contributed by atoms with van der Waals surface area (Å²) in [7, 11) is 0. The van der Waals surface area contributed by atoms with Gasteiger partial charge in [0.1, 0.15) is 11.2 Å². The molecule has 0 saturated carbocycles. The highest BCUT2D eigenvalue weighted by atomic mass is 79.9. The lowest BCUT2D eigenvalue weighted by Gasteiger charge is -2.07. The smallest absolute Gasteiger partial charge is 0.411 e. The lowest BCUT2D eigenvalue weighted by Crippen LogP contribution is -2.13. The monoisotopic (exact) mass is 345 g/mol. The zero-order chi connectivity index (χ0) is 14.7. The normalized spacial score (nSPS) is 10.5. The van der Waals surface area contributed by atoms with Crippen LogP contribution in [-0.4, -0.2) is 16.3 Å². The van der Waals surface area contributed by atoms with Crippen LogP contribution in [0.1, 0.15) is 5.56 Å². The van der Waals surface area contributed by atoms with E-state index in [1.54, 1.807) is 6.07 Å². The number of aromatic amines is 1. The van der Waals surface area contributed by atoms with E-state index in [9.17, 15) is 4.79 Å². The number of fused-ring (bicyclic) bond motifs is 1. The number of hydrogen-bond donors (Lipinski definition) is 2. The molecule has 0 fully saturated rings. The number of halogens is 1. The predicted molar refractivity (Wildman–Crippen MR) is 84.0 cm³/mol. The van der Waals surface area contributed by atoms with Gasteiger partial charge >= 0.3 is 6.09 Å². The zero-order valence-corrected chi connectivity index (χ0v) is 12.6. The summed E-state index contributed by atoms with van der Waals surface area (Å²) >= 11 is 3.37. The van der Waals surface area contributed by atoms with Crippen LogP contribution >= 0.6 is 15.9 Å². The van der Waals surface area contributed by atoms with Gasteiger partial charge in [-0.25, -0.2) is 4.79 Å². The molecule has 0 atom stereocenters. The van der Waals surface area contributed by atoms with Crippen molar-refractivity contribution >= 4 is 38.6 Å². The quantitative estimate of drug-likeness (QED) is 0.751. The molecule has 2 N–H and O–H groups in total. The third-order valence-electron chi connectivity index (χ3n) is 2.97. The van der Waals surface area contributed by atoms with Gasteiger partial charge < -0.3 is 4.74 Å². The molecule has 21 heavy (non-hydrogen) atoms. The predicted octanol–water partition coefficient (Wildman–Crippen LogP) is 4.07. The van der Waals surface area contributed by atoms with E-state index in [-0.39, 0.29) is 6.61 Å². The lowest BCUT2D eigenvalue weighted by atomic mass is 10.2. The Morgan fingerprint density at radius 2 is 2.05 bits per heavy atom. The van der Waals surface area contributed by atoms with E-state index in [0.717, 1.165) is 21.1 Å². The molecule has 0 unspecified atom stereocenters. The maximum absolute atomic E-state index is 11.8.